The maximum absolute atomic E-state index is 4.29. The first-order valence-corrected chi connectivity index (χ1v) is 7.16. The van der Waals surface area contributed by atoms with Crippen molar-refractivity contribution < 1.29 is 0 Å². The molecule has 1 saturated carbocycles. The van der Waals surface area contributed by atoms with E-state index in [2.05, 4.69) is 35.5 Å². The van der Waals surface area contributed by atoms with Gasteiger partial charge in [-0.3, -0.25) is 0 Å². The van der Waals surface area contributed by atoms with Gasteiger partial charge >= 0.3 is 0 Å². The van der Waals surface area contributed by atoms with Crippen LogP contribution in [0.5, 0.6) is 0 Å². The van der Waals surface area contributed by atoms with Crippen molar-refractivity contribution in [3.8, 4) is 0 Å². The summed E-state index contributed by atoms with van der Waals surface area (Å²) in [5, 5.41) is 6.82. The van der Waals surface area contributed by atoms with Gasteiger partial charge in [0.1, 0.15) is 5.82 Å². The van der Waals surface area contributed by atoms with E-state index in [0.717, 1.165) is 18.9 Å². The fraction of sp³-hybridized carbons (Fsp3) is 0.667. The largest absolute Gasteiger partial charge is 0.384 e. The van der Waals surface area contributed by atoms with E-state index in [1.54, 1.807) is 0 Å². The molecule has 0 bridgehead atoms. The first-order valence-electron chi connectivity index (χ1n) is 7.16. The van der Waals surface area contributed by atoms with Crippen molar-refractivity contribution in [3.63, 3.8) is 0 Å². The van der Waals surface area contributed by atoms with Crippen molar-refractivity contribution in [2.45, 2.75) is 46.0 Å². The molecular formula is C15H25N3. The molecule has 0 unspecified atom stereocenters. The highest BCUT2D eigenvalue weighted by Crippen LogP contribution is 2.35. The second-order valence-electron chi connectivity index (χ2n) is 5.68. The van der Waals surface area contributed by atoms with Gasteiger partial charge in [-0.05, 0) is 31.2 Å². The average Bonchev–Trinajstić information content (AvgIpc) is 2.38. The molecular weight excluding hydrogens is 222 g/mol. The van der Waals surface area contributed by atoms with Crippen LogP contribution < -0.4 is 10.6 Å². The first-order chi connectivity index (χ1) is 8.72. The van der Waals surface area contributed by atoms with Crippen molar-refractivity contribution in [1.29, 1.82) is 0 Å². The number of anilines is 2. The summed E-state index contributed by atoms with van der Waals surface area (Å²) in [5.74, 6) is 0.955. The van der Waals surface area contributed by atoms with Crippen LogP contribution in [0.25, 0.3) is 0 Å². The number of hydrogen-bond donors (Lipinski definition) is 2. The van der Waals surface area contributed by atoms with Gasteiger partial charge in [0.15, 0.2) is 0 Å². The van der Waals surface area contributed by atoms with E-state index in [4.69, 9.17) is 0 Å². The molecule has 0 atom stereocenters. The van der Waals surface area contributed by atoms with Crippen LogP contribution in [0.1, 0.15) is 46.0 Å². The Bertz CT molecular complexity index is 370. The van der Waals surface area contributed by atoms with Gasteiger partial charge in [-0.2, -0.15) is 0 Å². The van der Waals surface area contributed by atoms with Crippen LogP contribution in [-0.2, 0) is 0 Å². The molecule has 0 amide bonds. The summed E-state index contributed by atoms with van der Waals surface area (Å²) in [5.41, 5.74) is 1.65. The SMILES string of the molecule is CCNc1cc(NCC2(C)CCCCC2)ccn1. The summed E-state index contributed by atoms with van der Waals surface area (Å²) in [6, 6.07) is 4.14. The van der Waals surface area contributed by atoms with Gasteiger partial charge in [-0.25, -0.2) is 4.98 Å². The van der Waals surface area contributed by atoms with E-state index < -0.39 is 0 Å². The Hall–Kier alpha value is -1.25. The third-order valence-corrected chi connectivity index (χ3v) is 3.90. The maximum atomic E-state index is 4.29. The molecule has 1 aliphatic rings. The molecule has 0 aliphatic heterocycles. The van der Waals surface area contributed by atoms with Gasteiger partial charge in [0.05, 0.1) is 0 Å². The van der Waals surface area contributed by atoms with Crippen LogP contribution in [0.2, 0.25) is 0 Å². The summed E-state index contributed by atoms with van der Waals surface area (Å²) >= 11 is 0. The van der Waals surface area contributed by atoms with Gasteiger partial charge in [-0.1, -0.05) is 26.2 Å². The smallest absolute Gasteiger partial charge is 0.127 e. The molecule has 1 aliphatic carbocycles. The molecule has 0 saturated heterocycles. The first kappa shape index (κ1) is 13.2. The van der Waals surface area contributed by atoms with Gasteiger partial charge in [0.25, 0.3) is 0 Å². The van der Waals surface area contributed by atoms with E-state index in [0.29, 0.717) is 5.41 Å². The molecule has 0 radical (unpaired) electrons. The molecule has 0 aromatic carbocycles. The minimum atomic E-state index is 0.472. The number of pyridine rings is 1. The lowest BCUT2D eigenvalue weighted by molar-refractivity contribution is 0.233. The van der Waals surface area contributed by atoms with Crippen LogP contribution in [0.4, 0.5) is 11.5 Å². The molecule has 1 fully saturated rings. The molecule has 2 rings (SSSR count). The highest BCUT2D eigenvalue weighted by Gasteiger charge is 2.26. The molecule has 18 heavy (non-hydrogen) atoms. The third-order valence-electron chi connectivity index (χ3n) is 3.90. The van der Waals surface area contributed by atoms with Crippen LogP contribution in [0, 0.1) is 5.41 Å². The van der Waals surface area contributed by atoms with E-state index in [9.17, 15) is 0 Å². The molecule has 0 spiro atoms. The van der Waals surface area contributed by atoms with Crippen molar-refractivity contribution in [3.05, 3.63) is 18.3 Å². The van der Waals surface area contributed by atoms with Gasteiger partial charge in [0, 0.05) is 31.0 Å². The monoisotopic (exact) mass is 247 g/mol. The summed E-state index contributed by atoms with van der Waals surface area (Å²) in [6.07, 6.45) is 8.75. The molecule has 1 aromatic heterocycles. The topological polar surface area (TPSA) is 37.0 Å². The fourth-order valence-electron chi connectivity index (χ4n) is 2.72. The van der Waals surface area contributed by atoms with Crippen LogP contribution in [0.3, 0.4) is 0 Å². The van der Waals surface area contributed by atoms with E-state index in [-0.39, 0.29) is 0 Å². The highest BCUT2D eigenvalue weighted by atomic mass is 15.0. The normalized spacial score (nSPS) is 18.3. The zero-order valence-corrected chi connectivity index (χ0v) is 11.6. The van der Waals surface area contributed by atoms with E-state index in [1.807, 2.05) is 12.3 Å². The lowest BCUT2D eigenvalue weighted by Gasteiger charge is -2.34. The van der Waals surface area contributed by atoms with Crippen molar-refractivity contribution in [2.75, 3.05) is 23.7 Å². The van der Waals surface area contributed by atoms with Gasteiger partial charge in [-0.15, -0.1) is 0 Å². The zero-order chi connectivity index (χ0) is 12.8. The summed E-state index contributed by atoms with van der Waals surface area (Å²) in [6.45, 7) is 6.48. The summed E-state index contributed by atoms with van der Waals surface area (Å²) in [4.78, 5) is 4.29. The number of hydrogen-bond acceptors (Lipinski definition) is 3. The van der Waals surface area contributed by atoms with Crippen molar-refractivity contribution in [1.82, 2.24) is 4.98 Å². The lowest BCUT2D eigenvalue weighted by Crippen LogP contribution is -2.28. The maximum Gasteiger partial charge on any atom is 0.127 e. The summed E-state index contributed by atoms with van der Waals surface area (Å²) in [7, 11) is 0. The number of nitrogens with one attached hydrogen (secondary N) is 2. The Morgan fingerprint density at radius 1 is 1.22 bits per heavy atom. The van der Waals surface area contributed by atoms with Crippen LogP contribution >= 0.6 is 0 Å². The molecule has 3 nitrogen and oxygen atoms in total. The fourth-order valence-corrected chi connectivity index (χ4v) is 2.72. The molecule has 100 valence electrons. The molecule has 3 heteroatoms. The Morgan fingerprint density at radius 3 is 2.72 bits per heavy atom. The lowest BCUT2D eigenvalue weighted by atomic mass is 9.76. The Labute approximate surface area is 110 Å². The zero-order valence-electron chi connectivity index (χ0n) is 11.6. The summed E-state index contributed by atoms with van der Waals surface area (Å²) < 4.78 is 0. The van der Waals surface area contributed by atoms with E-state index in [1.165, 1.54) is 37.8 Å². The number of aromatic nitrogens is 1. The predicted octanol–water partition coefficient (Wildman–Crippen LogP) is 3.90. The van der Waals surface area contributed by atoms with Crippen LogP contribution in [0.15, 0.2) is 18.3 Å². The van der Waals surface area contributed by atoms with Crippen LogP contribution in [-0.4, -0.2) is 18.1 Å². The predicted molar refractivity (Wildman–Crippen MR) is 78.1 cm³/mol. The molecule has 1 aromatic rings. The van der Waals surface area contributed by atoms with Crippen molar-refractivity contribution >= 4 is 11.5 Å². The number of nitrogens with zero attached hydrogens (tertiary/aromatic N) is 1. The third kappa shape index (κ3) is 3.62. The van der Waals surface area contributed by atoms with Crippen molar-refractivity contribution in [2.24, 2.45) is 5.41 Å². The standard InChI is InChI=1S/C15H25N3/c1-3-16-14-11-13(7-10-17-14)18-12-15(2)8-5-4-6-9-15/h7,10-11H,3-6,8-9,12H2,1-2H3,(H2,16,17,18). The Morgan fingerprint density at radius 2 is 2.00 bits per heavy atom. The Kier molecular flexibility index (Phi) is 4.45. The molecule has 1 heterocycles. The molecule has 2 N–H and O–H groups in total. The minimum Gasteiger partial charge on any atom is -0.384 e. The average molecular weight is 247 g/mol. The van der Waals surface area contributed by atoms with E-state index >= 15 is 0 Å². The second kappa shape index (κ2) is 6.07. The quantitative estimate of drug-likeness (QED) is 0.828. The highest BCUT2D eigenvalue weighted by molar-refractivity contribution is 5.51. The number of rotatable bonds is 5. The Balaban J connectivity index is 1.90. The minimum absolute atomic E-state index is 0.472. The van der Waals surface area contributed by atoms with Gasteiger partial charge in [0.2, 0.25) is 0 Å². The van der Waals surface area contributed by atoms with Gasteiger partial charge < -0.3 is 10.6 Å². The second-order valence-corrected chi connectivity index (χ2v) is 5.68.